The average Bonchev–Trinajstić information content (AvgIpc) is 3.50. The van der Waals surface area contributed by atoms with E-state index in [-0.39, 0.29) is 30.1 Å². The van der Waals surface area contributed by atoms with Gasteiger partial charge in [-0.25, -0.2) is 4.79 Å². The normalized spacial score (nSPS) is 36.7. The SMILES string of the molecule is CC(CC(C)(C)OOC(=O)C1C2C=CC(C2)C1C(=O)O)OC(=O)C1C2C=CC(C2)C1C(=O)O. The van der Waals surface area contributed by atoms with E-state index in [9.17, 15) is 29.4 Å². The molecule has 2 fully saturated rings. The van der Waals surface area contributed by atoms with E-state index in [0.717, 1.165) is 0 Å². The summed E-state index contributed by atoms with van der Waals surface area (Å²) in [5.74, 6) is -6.98. The zero-order chi connectivity index (χ0) is 24.1. The average molecular weight is 462 g/mol. The fourth-order valence-corrected chi connectivity index (χ4v) is 6.21. The molecule has 9 atom stereocenters. The van der Waals surface area contributed by atoms with Crippen LogP contribution in [-0.2, 0) is 33.7 Å². The number of rotatable bonds is 9. The summed E-state index contributed by atoms with van der Waals surface area (Å²) in [5.41, 5.74) is -1.01. The molecular formula is C24H30O9. The lowest BCUT2D eigenvalue weighted by Crippen LogP contribution is -2.39. The second-order valence-electron chi connectivity index (χ2n) is 10.4. The number of carboxylic acids is 2. The Labute approximate surface area is 191 Å². The molecule has 0 radical (unpaired) electrons. The van der Waals surface area contributed by atoms with Crippen molar-refractivity contribution in [2.24, 2.45) is 47.3 Å². The van der Waals surface area contributed by atoms with E-state index in [4.69, 9.17) is 14.5 Å². The summed E-state index contributed by atoms with van der Waals surface area (Å²) < 4.78 is 5.56. The van der Waals surface area contributed by atoms with Crippen LogP contribution in [0.5, 0.6) is 0 Å². The molecule has 4 aliphatic rings. The van der Waals surface area contributed by atoms with Crippen molar-refractivity contribution < 1.29 is 43.9 Å². The Hall–Kier alpha value is -2.68. The first-order valence-electron chi connectivity index (χ1n) is 11.4. The van der Waals surface area contributed by atoms with Gasteiger partial charge in [0.1, 0.15) is 11.7 Å². The van der Waals surface area contributed by atoms with E-state index in [1.807, 2.05) is 24.3 Å². The summed E-state index contributed by atoms with van der Waals surface area (Å²) in [4.78, 5) is 59.0. The van der Waals surface area contributed by atoms with Crippen molar-refractivity contribution >= 4 is 23.9 Å². The third-order valence-corrected chi connectivity index (χ3v) is 7.48. The van der Waals surface area contributed by atoms with Crippen molar-refractivity contribution in [3.8, 4) is 0 Å². The van der Waals surface area contributed by atoms with Gasteiger partial charge in [0.15, 0.2) is 0 Å². The molecule has 2 N–H and O–H groups in total. The number of hydrogen-bond acceptors (Lipinski definition) is 7. The van der Waals surface area contributed by atoms with E-state index < -0.39 is 59.3 Å². The molecule has 2 saturated carbocycles. The van der Waals surface area contributed by atoms with Gasteiger partial charge in [0, 0.05) is 6.42 Å². The van der Waals surface area contributed by atoms with E-state index in [1.54, 1.807) is 20.8 Å². The lowest BCUT2D eigenvalue weighted by molar-refractivity contribution is -0.332. The Balaban J connectivity index is 1.29. The molecule has 180 valence electrons. The molecule has 4 aliphatic carbocycles. The number of fused-ring (bicyclic) bond motifs is 4. The van der Waals surface area contributed by atoms with Crippen molar-refractivity contribution in [1.82, 2.24) is 0 Å². The second-order valence-corrected chi connectivity index (χ2v) is 10.4. The smallest absolute Gasteiger partial charge is 0.346 e. The Bertz CT molecular complexity index is 904. The number of aliphatic carboxylic acids is 2. The summed E-state index contributed by atoms with van der Waals surface area (Å²) in [6.45, 7) is 5.01. The number of ether oxygens (including phenoxy) is 1. The maximum Gasteiger partial charge on any atom is 0.346 e. The number of carboxylic acid groups (broad SMARTS) is 2. The van der Waals surface area contributed by atoms with Gasteiger partial charge in [0.2, 0.25) is 0 Å². The van der Waals surface area contributed by atoms with Crippen molar-refractivity contribution in [3.05, 3.63) is 24.3 Å². The van der Waals surface area contributed by atoms with Gasteiger partial charge >= 0.3 is 23.9 Å². The first kappa shape index (κ1) is 23.5. The van der Waals surface area contributed by atoms with Crippen LogP contribution in [0.15, 0.2) is 24.3 Å². The van der Waals surface area contributed by atoms with Crippen LogP contribution in [-0.4, -0.2) is 45.8 Å². The summed E-state index contributed by atoms with van der Waals surface area (Å²) in [7, 11) is 0. The summed E-state index contributed by atoms with van der Waals surface area (Å²) >= 11 is 0. The molecule has 0 aromatic carbocycles. The highest BCUT2D eigenvalue weighted by Gasteiger charge is 2.54. The molecule has 9 nitrogen and oxygen atoms in total. The fourth-order valence-electron chi connectivity index (χ4n) is 6.21. The highest BCUT2D eigenvalue weighted by Crippen LogP contribution is 2.49. The van der Waals surface area contributed by atoms with Gasteiger partial charge in [0.25, 0.3) is 0 Å². The molecular weight excluding hydrogens is 432 g/mol. The topological polar surface area (TPSA) is 136 Å². The fraction of sp³-hybridized carbons (Fsp3) is 0.667. The van der Waals surface area contributed by atoms with E-state index in [1.165, 1.54) is 0 Å². The van der Waals surface area contributed by atoms with Gasteiger partial charge in [-0.2, -0.15) is 4.89 Å². The molecule has 0 aliphatic heterocycles. The van der Waals surface area contributed by atoms with Gasteiger partial charge in [-0.05, 0) is 57.3 Å². The number of allylic oxidation sites excluding steroid dienone is 4. The van der Waals surface area contributed by atoms with Gasteiger partial charge in [-0.3, -0.25) is 19.3 Å². The molecule has 4 bridgehead atoms. The predicted molar refractivity (Wildman–Crippen MR) is 112 cm³/mol. The molecule has 4 rings (SSSR count). The van der Waals surface area contributed by atoms with Gasteiger partial charge in [-0.1, -0.05) is 24.3 Å². The van der Waals surface area contributed by atoms with Crippen molar-refractivity contribution in [1.29, 1.82) is 0 Å². The van der Waals surface area contributed by atoms with Crippen molar-refractivity contribution in [2.75, 3.05) is 0 Å². The van der Waals surface area contributed by atoms with Crippen LogP contribution >= 0.6 is 0 Å². The Morgan fingerprint density at radius 1 is 0.818 bits per heavy atom. The van der Waals surface area contributed by atoms with Crippen molar-refractivity contribution in [3.63, 3.8) is 0 Å². The van der Waals surface area contributed by atoms with Gasteiger partial charge in [-0.15, -0.1) is 0 Å². The largest absolute Gasteiger partial charge is 0.481 e. The highest BCUT2D eigenvalue weighted by atomic mass is 17.2. The highest BCUT2D eigenvalue weighted by molar-refractivity contribution is 5.84. The van der Waals surface area contributed by atoms with Crippen LogP contribution in [0.4, 0.5) is 0 Å². The van der Waals surface area contributed by atoms with Crippen LogP contribution in [0.1, 0.15) is 40.0 Å². The first-order valence-corrected chi connectivity index (χ1v) is 11.4. The third kappa shape index (κ3) is 4.43. The lowest BCUT2D eigenvalue weighted by Gasteiger charge is -2.29. The summed E-state index contributed by atoms with van der Waals surface area (Å²) in [6.07, 6.45) is 8.30. The number of carbonyl (C=O) groups excluding carboxylic acids is 2. The molecule has 0 saturated heterocycles. The van der Waals surface area contributed by atoms with Crippen LogP contribution in [0.25, 0.3) is 0 Å². The van der Waals surface area contributed by atoms with E-state index in [2.05, 4.69) is 0 Å². The molecule has 0 aromatic rings. The van der Waals surface area contributed by atoms with Gasteiger partial charge in [0.05, 0.1) is 23.7 Å². The molecule has 9 heteroatoms. The first-order chi connectivity index (χ1) is 15.5. The Morgan fingerprint density at radius 2 is 1.24 bits per heavy atom. The quantitative estimate of drug-likeness (QED) is 0.229. The molecule has 0 heterocycles. The molecule has 33 heavy (non-hydrogen) atoms. The van der Waals surface area contributed by atoms with E-state index in [0.29, 0.717) is 12.8 Å². The predicted octanol–water partition coefficient (Wildman–Crippen LogP) is 2.61. The number of esters is 1. The molecule has 0 spiro atoms. The minimum Gasteiger partial charge on any atom is -0.481 e. The van der Waals surface area contributed by atoms with Crippen LogP contribution in [0, 0.1) is 47.3 Å². The van der Waals surface area contributed by atoms with Gasteiger partial charge < -0.3 is 14.9 Å². The maximum absolute atomic E-state index is 12.8. The minimum absolute atomic E-state index is 0.126. The third-order valence-electron chi connectivity index (χ3n) is 7.48. The lowest BCUT2D eigenvalue weighted by atomic mass is 9.83. The molecule has 9 unspecified atom stereocenters. The van der Waals surface area contributed by atoms with Crippen LogP contribution in [0.2, 0.25) is 0 Å². The summed E-state index contributed by atoms with van der Waals surface area (Å²) in [6, 6.07) is 0. The zero-order valence-electron chi connectivity index (χ0n) is 18.9. The monoisotopic (exact) mass is 462 g/mol. The minimum atomic E-state index is -1.02. The van der Waals surface area contributed by atoms with Crippen LogP contribution < -0.4 is 0 Å². The Kier molecular flexibility index (Phi) is 6.11. The summed E-state index contributed by atoms with van der Waals surface area (Å²) in [5, 5.41) is 19.0. The standard InChI is InChI=1S/C24H30O9/c1-11(31-22(29)18-14-6-4-12(8-14)16(18)20(25)26)10-24(2,3)33-32-23(30)19-15-7-5-13(9-15)17(19)21(27)28/h4-7,11-19H,8-10H2,1-3H3,(H,25,26)(H,27,28). The van der Waals surface area contributed by atoms with E-state index >= 15 is 0 Å². The van der Waals surface area contributed by atoms with Crippen LogP contribution in [0.3, 0.4) is 0 Å². The molecule has 0 amide bonds. The zero-order valence-corrected chi connectivity index (χ0v) is 18.9. The molecule has 0 aromatic heterocycles. The maximum atomic E-state index is 12.8. The number of carbonyl (C=O) groups is 4. The number of hydrogen-bond donors (Lipinski definition) is 2. The van der Waals surface area contributed by atoms with Crippen molar-refractivity contribution in [2.45, 2.75) is 51.7 Å². The second kappa shape index (κ2) is 8.59. The Morgan fingerprint density at radius 3 is 1.70 bits per heavy atom.